The largest absolute Gasteiger partial charge is 0.475 e. The Kier molecular flexibility index (Phi) is 8.56. The number of nitrogens with zero attached hydrogens (tertiary/aromatic N) is 2. The third-order valence-electron chi connectivity index (χ3n) is 3.76. The Balaban J connectivity index is 2.01. The van der Waals surface area contributed by atoms with E-state index in [0.29, 0.717) is 6.20 Å². The average molecular weight is 454 g/mol. The fourth-order valence-corrected chi connectivity index (χ4v) is 2.24. The standard InChI is InChI=1S/C21H21F3N2O6/c1-4-29-19(27)11-13(2)26-32-20(28)14(3)30-16-7-5-6-8-17(16)31-18-10-9-15(12-25-18)21(22,23)24/h5-10,12,14H,4,11H2,1-3H3. The summed E-state index contributed by atoms with van der Waals surface area (Å²) in [7, 11) is 0. The molecular formula is C21H21F3N2O6. The van der Waals surface area contributed by atoms with Crippen LogP contribution in [0.3, 0.4) is 0 Å². The van der Waals surface area contributed by atoms with Crippen molar-refractivity contribution in [1.82, 2.24) is 4.98 Å². The lowest BCUT2D eigenvalue weighted by Gasteiger charge is -2.15. The van der Waals surface area contributed by atoms with Crippen LogP contribution in [0.4, 0.5) is 13.2 Å². The monoisotopic (exact) mass is 454 g/mol. The number of ether oxygens (including phenoxy) is 3. The third kappa shape index (κ3) is 7.56. The van der Waals surface area contributed by atoms with Gasteiger partial charge in [-0.1, -0.05) is 17.3 Å². The van der Waals surface area contributed by atoms with Crippen LogP contribution >= 0.6 is 0 Å². The molecule has 0 saturated carbocycles. The number of carbonyl (C=O) groups excluding carboxylic acids is 2. The lowest BCUT2D eigenvalue weighted by molar-refractivity contribution is -0.151. The Morgan fingerprint density at radius 2 is 1.81 bits per heavy atom. The number of alkyl halides is 3. The summed E-state index contributed by atoms with van der Waals surface area (Å²) in [5, 5.41) is 3.58. The van der Waals surface area contributed by atoms with Crippen LogP contribution in [0.25, 0.3) is 0 Å². The van der Waals surface area contributed by atoms with Crippen LogP contribution in [-0.4, -0.2) is 35.3 Å². The van der Waals surface area contributed by atoms with Crippen molar-refractivity contribution < 1.29 is 41.8 Å². The van der Waals surface area contributed by atoms with E-state index in [9.17, 15) is 22.8 Å². The number of halogens is 3. The van der Waals surface area contributed by atoms with E-state index in [1.54, 1.807) is 19.1 Å². The third-order valence-corrected chi connectivity index (χ3v) is 3.76. The summed E-state index contributed by atoms with van der Waals surface area (Å²) in [6.07, 6.45) is -5.11. The lowest BCUT2D eigenvalue weighted by Crippen LogP contribution is -2.25. The summed E-state index contributed by atoms with van der Waals surface area (Å²) >= 11 is 0. The Bertz CT molecular complexity index is 961. The van der Waals surface area contributed by atoms with Crippen LogP contribution in [0, 0.1) is 0 Å². The van der Waals surface area contributed by atoms with E-state index in [0.717, 1.165) is 12.1 Å². The molecule has 32 heavy (non-hydrogen) atoms. The van der Waals surface area contributed by atoms with Crippen LogP contribution in [-0.2, 0) is 25.3 Å². The van der Waals surface area contributed by atoms with Gasteiger partial charge in [-0.15, -0.1) is 0 Å². The maximum absolute atomic E-state index is 12.7. The molecule has 0 N–H and O–H groups in total. The molecule has 1 unspecified atom stereocenters. The lowest BCUT2D eigenvalue weighted by atomic mass is 10.3. The van der Waals surface area contributed by atoms with E-state index in [4.69, 9.17) is 19.0 Å². The topological polar surface area (TPSA) is 96.3 Å². The van der Waals surface area contributed by atoms with Crippen molar-refractivity contribution in [2.45, 2.75) is 39.5 Å². The van der Waals surface area contributed by atoms with E-state index >= 15 is 0 Å². The molecule has 0 aliphatic heterocycles. The van der Waals surface area contributed by atoms with E-state index < -0.39 is 29.8 Å². The summed E-state index contributed by atoms with van der Waals surface area (Å²) in [5.74, 6) is -1.18. The summed E-state index contributed by atoms with van der Waals surface area (Å²) in [6.45, 7) is 4.79. The molecule has 0 radical (unpaired) electrons. The minimum atomic E-state index is -4.51. The molecule has 8 nitrogen and oxygen atoms in total. The van der Waals surface area contributed by atoms with Gasteiger partial charge in [0.05, 0.1) is 24.3 Å². The molecule has 172 valence electrons. The number of carbonyl (C=O) groups is 2. The van der Waals surface area contributed by atoms with Crippen LogP contribution in [0.5, 0.6) is 17.4 Å². The number of benzene rings is 1. The molecule has 0 saturated heterocycles. The molecule has 11 heteroatoms. The van der Waals surface area contributed by atoms with Crippen LogP contribution < -0.4 is 9.47 Å². The second-order valence-electron chi connectivity index (χ2n) is 6.41. The molecule has 0 aliphatic carbocycles. The number of hydrogen-bond acceptors (Lipinski definition) is 8. The molecular weight excluding hydrogens is 433 g/mol. The van der Waals surface area contributed by atoms with Crippen LogP contribution in [0.1, 0.15) is 32.8 Å². The van der Waals surface area contributed by atoms with Gasteiger partial charge in [-0.25, -0.2) is 9.78 Å². The molecule has 0 amide bonds. The van der Waals surface area contributed by atoms with E-state index in [1.165, 1.54) is 26.0 Å². The van der Waals surface area contributed by atoms with Crippen molar-refractivity contribution in [2.24, 2.45) is 5.16 Å². The smallest absolute Gasteiger partial charge is 0.417 e. The fraction of sp³-hybridized carbons (Fsp3) is 0.333. The van der Waals surface area contributed by atoms with Gasteiger partial charge in [0, 0.05) is 12.3 Å². The van der Waals surface area contributed by atoms with Gasteiger partial charge in [0.2, 0.25) is 5.88 Å². The number of hydrogen-bond donors (Lipinski definition) is 0. The van der Waals surface area contributed by atoms with Gasteiger partial charge in [0.1, 0.15) is 0 Å². The highest BCUT2D eigenvalue weighted by Gasteiger charge is 2.30. The minimum absolute atomic E-state index is 0.0940. The average Bonchev–Trinajstić information content (AvgIpc) is 2.73. The molecule has 0 aliphatic rings. The summed E-state index contributed by atoms with van der Waals surface area (Å²) in [4.78, 5) is 31.9. The van der Waals surface area contributed by atoms with E-state index in [1.807, 2.05) is 0 Å². The molecule has 0 fully saturated rings. The number of para-hydroxylation sites is 2. The summed E-state index contributed by atoms with van der Waals surface area (Å²) in [5.41, 5.74) is -0.675. The first-order valence-electron chi connectivity index (χ1n) is 9.47. The first kappa shape index (κ1) is 24.6. The second-order valence-corrected chi connectivity index (χ2v) is 6.41. The quantitative estimate of drug-likeness (QED) is 0.238. The second kappa shape index (κ2) is 11.1. The SMILES string of the molecule is CCOC(=O)CC(C)=NOC(=O)C(C)Oc1ccccc1Oc1ccc(C(F)(F)F)cn1. The number of esters is 1. The summed E-state index contributed by atoms with van der Waals surface area (Å²) in [6, 6.07) is 8.12. The number of oxime groups is 1. The van der Waals surface area contributed by atoms with E-state index in [-0.39, 0.29) is 36.1 Å². The van der Waals surface area contributed by atoms with Crippen LogP contribution in [0.2, 0.25) is 0 Å². The zero-order chi connectivity index (χ0) is 23.7. The summed E-state index contributed by atoms with van der Waals surface area (Å²) < 4.78 is 53.8. The van der Waals surface area contributed by atoms with Gasteiger partial charge in [0.25, 0.3) is 0 Å². The van der Waals surface area contributed by atoms with Gasteiger partial charge in [0.15, 0.2) is 17.6 Å². The van der Waals surface area contributed by atoms with Crippen molar-refractivity contribution in [3.8, 4) is 17.4 Å². The Labute approximate surface area is 181 Å². The minimum Gasteiger partial charge on any atom is -0.475 e. The normalized spacial score (nSPS) is 12.6. The molecule has 0 bridgehead atoms. The first-order valence-corrected chi connectivity index (χ1v) is 9.47. The molecule has 1 heterocycles. The van der Waals surface area contributed by atoms with Crippen molar-refractivity contribution in [1.29, 1.82) is 0 Å². The highest BCUT2D eigenvalue weighted by atomic mass is 19.4. The molecule has 2 rings (SSSR count). The maximum atomic E-state index is 12.7. The Morgan fingerprint density at radius 1 is 1.12 bits per heavy atom. The number of aromatic nitrogens is 1. The molecule has 0 spiro atoms. The first-order chi connectivity index (χ1) is 15.1. The maximum Gasteiger partial charge on any atom is 0.417 e. The van der Waals surface area contributed by atoms with Gasteiger partial charge < -0.3 is 19.0 Å². The van der Waals surface area contributed by atoms with Gasteiger partial charge in [-0.2, -0.15) is 13.2 Å². The Hall–Kier alpha value is -3.63. The highest BCUT2D eigenvalue weighted by molar-refractivity contribution is 5.97. The zero-order valence-corrected chi connectivity index (χ0v) is 17.5. The molecule has 2 aromatic rings. The molecule has 1 aromatic carbocycles. The van der Waals surface area contributed by atoms with Crippen molar-refractivity contribution in [2.75, 3.05) is 6.61 Å². The van der Waals surface area contributed by atoms with Gasteiger partial charge in [-0.3, -0.25) is 4.79 Å². The number of rotatable bonds is 9. The predicted molar refractivity (Wildman–Crippen MR) is 106 cm³/mol. The fourth-order valence-electron chi connectivity index (χ4n) is 2.24. The highest BCUT2D eigenvalue weighted by Crippen LogP contribution is 2.33. The predicted octanol–water partition coefficient (Wildman–Crippen LogP) is 4.53. The molecule has 1 atom stereocenters. The van der Waals surface area contributed by atoms with Crippen molar-refractivity contribution >= 4 is 17.7 Å². The number of pyridine rings is 1. The Morgan fingerprint density at radius 3 is 2.41 bits per heavy atom. The van der Waals surface area contributed by atoms with Crippen molar-refractivity contribution in [3.05, 3.63) is 48.2 Å². The molecule has 1 aromatic heterocycles. The van der Waals surface area contributed by atoms with Crippen LogP contribution in [0.15, 0.2) is 47.8 Å². The van der Waals surface area contributed by atoms with E-state index in [2.05, 4.69) is 10.1 Å². The zero-order valence-electron chi connectivity index (χ0n) is 17.5. The van der Waals surface area contributed by atoms with Gasteiger partial charge >= 0.3 is 18.1 Å². The van der Waals surface area contributed by atoms with Crippen molar-refractivity contribution in [3.63, 3.8) is 0 Å². The van der Waals surface area contributed by atoms with Gasteiger partial charge in [-0.05, 0) is 39.0 Å².